The quantitative estimate of drug-likeness (QED) is 0.236. The topological polar surface area (TPSA) is 51.0 Å². The van der Waals surface area contributed by atoms with Gasteiger partial charge < -0.3 is 0 Å². The summed E-state index contributed by atoms with van der Waals surface area (Å²) in [4.78, 5) is 14.8. The molecule has 0 aliphatic carbocycles. The third-order valence-corrected chi connectivity index (χ3v) is 6.95. The lowest BCUT2D eigenvalue weighted by Crippen LogP contribution is -2.33. The van der Waals surface area contributed by atoms with Gasteiger partial charge in [-0.25, -0.2) is 4.39 Å². The molecule has 1 aliphatic heterocycles. The van der Waals surface area contributed by atoms with Crippen molar-refractivity contribution in [2.24, 2.45) is 0 Å². The predicted molar refractivity (Wildman–Crippen MR) is 126 cm³/mol. The third-order valence-electron chi connectivity index (χ3n) is 5.93. The van der Waals surface area contributed by atoms with Crippen molar-refractivity contribution in [2.45, 2.75) is 50.2 Å². The van der Waals surface area contributed by atoms with E-state index in [1.54, 1.807) is 23.9 Å². The van der Waals surface area contributed by atoms with Gasteiger partial charge in [-0.1, -0.05) is 36.4 Å². The molecule has 2 heterocycles. The Labute approximate surface area is 193 Å². The van der Waals surface area contributed by atoms with Crippen LogP contribution in [0.4, 0.5) is 4.39 Å². The lowest BCUT2D eigenvalue weighted by Gasteiger charge is -2.31. The van der Waals surface area contributed by atoms with Crippen LogP contribution in [0.25, 0.3) is 5.69 Å². The lowest BCUT2D eigenvalue weighted by molar-refractivity contribution is 0.0982. The second-order valence-corrected chi connectivity index (χ2v) is 9.23. The Morgan fingerprint density at radius 2 is 1.75 bits per heavy atom. The highest BCUT2D eigenvalue weighted by Gasteiger charge is 2.25. The van der Waals surface area contributed by atoms with E-state index in [1.807, 2.05) is 18.2 Å². The van der Waals surface area contributed by atoms with E-state index in [0.29, 0.717) is 12.0 Å². The van der Waals surface area contributed by atoms with E-state index >= 15 is 0 Å². The Morgan fingerprint density at radius 3 is 2.47 bits per heavy atom. The highest BCUT2D eigenvalue weighted by molar-refractivity contribution is 7.99. The number of carbonyl (C=O) groups excluding carboxylic acids is 1. The van der Waals surface area contributed by atoms with Crippen molar-refractivity contribution < 1.29 is 9.18 Å². The maximum absolute atomic E-state index is 13.1. The van der Waals surface area contributed by atoms with Crippen LogP contribution >= 0.6 is 11.8 Å². The summed E-state index contributed by atoms with van der Waals surface area (Å²) in [6.07, 6.45) is 4.90. The highest BCUT2D eigenvalue weighted by Crippen LogP contribution is 2.29. The number of benzene rings is 2. The van der Waals surface area contributed by atoms with Crippen LogP contribution in [-0.4, -0.2) is 44.3 Å². The zero-order valence-corrected chi connectivity index (χ0v) is 19.2. The number of piperidine rings is 1. The van der Waals surface area contributed by atoms with Crippen molar-refractivity contribution in [3.63, 3.8) is 0 Å². The number of ketones is 1. The molecule has 0 spiro atoms. The minimum atomic E-state index is -0.327. The first-order chi connectivity index (χ1) is 15.6. The molecule has 0 saturated carbocycles. The molecule has 0 amide bonds. The first kappa shape index (κ1) is 22.7. The monoisotopic (exact) mass is 452 g/mol. The van der Waals surface area contributed by atoms with Gasteiger partial charge in [-0.15, -0.1) is 10.2 Å². The maximum atomic E-state index is 13.1. The van der Waals surface area contributed by atoms with Crippen molar-refractivity contribution in [3.05, 3.63) is 71.8 Å². The molecule has 5 nitrogen and oxygen atoms in total. The second-order valence-electron chi connectivity index (χ2n) is 8.17. The summed E-state index contributed by atoms with van der Waals surface area (Å²) in [7, 11) is 0. The van der Waals surface area contributed by atoms with E-state index in [1.165, 1.54) is 31.4 Å². The molecule has 0 bridgehead atoms. The average molecular weight is 453 g/mol. The van der Waals surface area contributed by atoms with E-state index in [0.717, 1.165) is 41.9 Å². The van der Waals surface area contributed by atoms with Gasteiger partial charge in [0.05, 0.1) is 6.04 Å². The zero-order valence-electron chi connectivity index (χ0n) is 18.4. The fourth-order valence-electron chi connectivity index (χ4n) is 4.11. The van der Waals surface area contributed by atoms with Crippen LogP contribution in [0.3, 0.4) is 0 Å². The van der Waals surface area contributed by atoms with Crippen molar-refractivity contribution >= 4 is 17.5 Å². The average Bonchev–Trinajstić information content (AvgIpc) is 3.26. The number of thioether (sulfide) groups is 1. The van der Waals surface area contributed by atoms with Gasteiger partial charge in [0.15, 0.2) is 16.8 Å². The van der Waals surface area contributed by atoms with Crippen LogP contribution in [0.2, 0.25) is 0 Å². The Bertz CT molecular complexity index is 1020. The first-order valence-electron chi connectivity index (χ1n) is 11.3. The van der Waals surface area contributed by atoms with Gasteiger partial charge in [-0.2, -0.15) is 0 Å². The summed E-state index contributed by atoms with van der Waals surface area (Å²) in [6.45, 7) is 4.40. The minimum Gasteiger partial charge on any atom is -0.294 e. The molecule has 32 heavy (non-hydrogen) atoms. The molecule has 1 unspecified atom stereocenters. The Kier molecular flexibility index (Phi) is 7.71. The molecule has 3 aromatic rings. The lowest BCUT2D eigenvalue weighted by atomic mass is 10.1. The van der Waals surface area contributed by atoms with Crippen LogP contribution in [0, 0.1) is 5.82 Å². The van der Waals surface area contributed by atoms with E-state index in [9.17, 15) is 9.18 Å². The summed E-state index contributed by atoms with van der Waals surface area (Å²) in [5, 5.41) is 9.95. The number of carbonyl (C=O) groups is 1. The van der Waals surface area contributed by atoms with Crippen LogP contribution < -0.4 is 0 Å². The molecule has 1 aromatic heterocycles. The van der Waals surface area contributed by atoms with Crippen molar-refractivity contribution in [3.8, 4) is 5.69 Å². The molecule has 1 aliphatic rings. The minimum absolute atomic E-state index is 0.0366. The number of rotatable bonds is 9. The summed E-state index contributed by atoms with van der Waals surface area (Å²) < 4.78 is 15.2. The Hall–Kier alpha value is -2.51. The van der Waals surface area contributed by atoms with Crippen LogP contribution in [0.1, 0.15) is 61.3 Å². The molecule has 0 radical (unpaired) electrons. The van der Waals surface area contributed by atoms with E-state index < -0.39 is 0 Å². The maximum Gasteiger partial charge on any atom is 0.195 e. The van der Waals surface area contributed by atoms with Gasteiger partial charge in [0, 0.05) is 23.4 Å². The van der Waals surface area contributed by atoms with E-state index in [2.05, 4.69) is 38.7 Å². The zero-order chi connectivity index (χ0) is 22.3. The first-order valence-corrected chi connectivity index (χ1v) is 12.3. The smallest absolute Gasteiger partial charge is 0.195 e. The van der Waals surface area contributed by atoms with Gasteiger partial charge >= 0.3 is 0 Å². The number of hydrogen-bond donors (Lipinski definition) is 0. The molecular formula is C25H29FN4OS. The molecule has 2 aromatic carbocycles. The van der Waals surface area contributed by atoms with Crippen LogP contribution in [-0.2, 0) is 0 Å². The predicted octanol–water partition coefficient (Wildman–Crippen LogP) is 5.71. The van der Waals surface area contributed by atoms with Gasteiger partial charge in [0.2, 0.25) is 0 Å². The SMILES string of the molecule is CC(c1nnc(SCCCC(=O)c2ccc(F)cc2)n1-c1ccccc1)N1CCCCC1. The molecule has 168 valence electrons. The Morgan fingerprint density at radius 1 is 1.03 bits per heavy atom. The van der Waals surface area contributed by atoms with Crippen molar-refractivity contribution in [1.29, 1.82) is 0 Å². The van der Waals surface area contributed by atoms with Gasteiger partial charge in [-0.3, -0.25) is 14.3 Å². The van der Waals surface area contributed by atoms with Crippen molar-refractivity contribution in [2.75, 3.05) is 18.8 Å². The normalized spacial score (nSPS) is 15.6. The van der Waals surface area contributed by atoms with Crippen LogP contribution in [0.5, 0.6) is 0 Å². The Balaban J connectivity index is 1.44. The van der Waals surface area contributed by atoms with Crippen molar-refractivity contribution in [1.82, 2.24) is 19.7 Å². The summed E-state index contributed by atoms with van der Waals surface area (Å²) >= 11 is 1.63. The number of aromatic nitrogens is 3. The molecule has 0 N–H and O–H groups in total. The van der Waals surface area contributed by atoms with E-state index in [4.69, 9.17) is 0 Å². The second kappa shape index (κ2) is 10.9. The fourth-order valence-corrected chi connectivity index (χ4v) is 5.01. The largest absolute Gasteiger partial charge is 0.294 e. The third kappa shape index (κ3) is 5.45. The highest BCUT2D eigenvalue weighted by atomic mass is 32.2. The standard InChI is InChI=1S/C25H29FN4OS/c1-19(29-16-6-3-7-17-29)24-27-28-25(30(24)22-9-4-2-5-10-22)32-18-8-11-23(31)20-12-14-21(26)15-13-20/h2,4-5,9-10,12-15,19H,3,6-8,11,16-18H2,1H3. The molecule has 7 heteroatoms. The summed E-state index contributed by atoms with van der Waals surface area (Å²) in [5.74, 6) is 1.43. The summed E-state index contributed by atoms with van der Waals surface area (Å²) in [6, 6.07) is 16.2. The molecule has 1 atom stereocenters. The molecular weight excluding hydrogens is 423 g/mol. The molecule has 1 fully saturated rings. The number of Topliss-reactive ketones (excluding diaryl/α,β-unsaturated/α-hetero) is 1. The molecule has 1 saturated heterocycles. The fraction of sp³-hybridized carbons (Fsp3) is 0.400. The number of hydrogen-bond acceptors (Lipinski definition) is 5. The van der Waals surface area contributed by atoms with E-state index in [-0.39, 0.29) is 17.6 Å². The summed E-state index contributed by atoms with van der Waals surface area (Å²) in [5.41, 5.74) is 1.61. The van der Waals surface area contributed by atoms with Gasteiger partial charge in [0.25, 0.3) is 0 Å². The number of halogens is 1. The number of nitrogens with zero attached hydrogens (tertiary/aromatic N) is 4. The van der Waals surface area contributed by atoms with Crippen LogP contribution in [0.15, 0.2) is 59.8 Å². The molecule has 4 rings (SSSR count). The van der Waals surface area contributed by atoms with Gasteiger partial charge in [0.1, 0.15) is 5.82 Å². The number of para-hydroxylation sites is 1. The van der Waals surface area contributed by atoms with Gasteiger partial charge in [-0.05, 0) is 75.7 Å². The number of likely N-dealkylation sites (tertiary alicyclic amines) is 1.